The van der Waals surface area contributed by atoms with Crippen LogP contribution < -0.4 is 5.14 Å². The summed E-state index contributed by atoms with van der Waals surface area (Å²) in [5.41, 5.74) is 2.17. The summed E-state index contributed by atoms with van der Waals surface area (Å²) >= 11 is 0. The van der Waals surface area contributed by atoms with Crippen LogP contribution in [0.4, 0.5) is 4.39 Å². The molecular weight excluding hydrogens is 421 g/mol. The molecule has 0 unspecified atom stereocenters. The van der Waals surface area contributed by atoms with Crippen molar-refractivity contribution in [2.24, 2.45) is 5.14 Å². The van der Waals surface area contributed by atoms with Gasteiger partial charge in [0.2, 0.25) is 0 Å². The number of rotatable bonds is 6. The molecule has 0 aliphatic carbocycles. The predicted molar refractivity (Wildman–Crippen MR) is 99.5 cm³/mol. The first-order valence-electron chi connectivity index (χ1n) is 8.82. The van der Waals surface area contributed by atoms with E-state index in [-0.39, 0.29) is 5.82 Å². The molecule has 160 valence electrons. The summed E-state index contributed by atoms with van der Waals surface area (Å²) in [5.74, 6) is -0.345. The topological polar surface area (TPSA) is 163 Å². The monoisotopic (exact) mass is 439 g/mol. The lowest BCUT2D eigenvalue weighted by molar-refractivity contribution is -0.0467. The molecule has 4 N–H and O–H groups in total. The largest absolute Gasteiger partial charge is 0.387 e. The number of benzene rings is 1. The van der Waals surface area contributed by atoms with Gasteiger partial charge in [0, 0.05) is 6.42 Å². The normalized spacial score (nSPS) is 24.5. The molecule has 1 aromatic carbocycles. The van der Waals surface area contributed by atoms with Gasteiger partial charge in [-0.1, -0.05) is 12.1 Å². The first-order chi connectivity index (χ1) is 14.2. The molecule has 0 radical (unpaired) electrons. The van der Waals surface area contributed by atoms with E-state index in [2.05, 4.69) is 19.1 Å². The van der Waals surface area contributed by atoms with Crippen LogP contribution in [0.5, 0.6) is 0 Å². The molecule has 0 bridgehead atoms. The number of imidazole rings is 1. The quantitative estimate of drug-likeness (QED) is 0.455. The second-order valence-electron chi connectivity index (χ2n) is 6.77. The molecule has 3 aromatic rings. The Balaban J connectivity index is 1.60. The molecule has 1 saturated heterocycles. The van der Waals surface area contributed by atoms with Gasteiger partial charge in [0.1, 0.15) is 36.0 Å². The lowest BCUT2D eigenvalue weighted by Gasteiger charge is -2.16. The number of fused-ring (bicyclic) bond motifs is 1. The van der Waals surface area contributed by atoms with Gasteiger partial charge < -0.3 is 14.9 Å². The number of nitrogens with two attached hydrogens (primary N) is 1. The molecule has 1 fully saturated rings. The van der Waals surface area contributed by atoms with Gasteiger partial charge in [0.05, 0.1) is 18.6 Å². The average molecular weight is 439 g/mol. The van der Waals surface area contributed by atoms with Crippen LogP contribution in [0.25, 0.3) is 11.2 Å². The maximum atomic E-state index is 13.1. The van der Waals surface area contributed by atoms with Crippen molar-refractivity contribution in [1.29, 1.82) is 0 Å². The molecule has 3 heterocycles. The SMILES string of the molecule is NS(=O)(=O)OC[C@H]1O[C@@H](n2cnc3c(Cc4ccc(F)cc4)ncnc32)[C@H](O)[C@H]1O. The number of aromatic nitrogens is 4. The molecule has 0 saturated carbocycles. The third-order valence-electron chi connectivity index (χ3n) is 4.73. The fraction of sp³-hybridized carbons (Fsp3) is 0.353. The molecule has 13 heteroatoms. The van der Waals surface area contributed by atoms with Crippen molar-refractivity contribution < 1.29 is 31.9 Å². The Morgan fingerprint density at radius 3 is 2.60 bits per heavy atom. The minimum atomic E-state index is -4.23. The van der Waals surface area contributed by atoms with Gasteiger partial charge in [-0.3, -0.25) is 8.75 Å². The molecule has 4 rings (SSSR count). The van der Waals surface area contributed by atoms with Gasteiger partial charge in [-0.25, -0.2) is 24.5 Å². The van der Waals surface area contributed by atoms with Gasteiger partial charge in [-0.2, -0.15) is 8.42 Å². The standard InChI is InChI=1S/C17H18FN5O6S/c18-10-3-1-9(2-4-10)5-11-13-16(21-7-20-11)23(8-22-13)17-15(25)14(24)12(29-17)6-28-30(19,26)27/h1-4,7-8,12,14-15,17,24-25H,5-6H2,(H2,19,26,27)/t12-,14+,15-,17-/m1/s1. The Bertz CT molecular complexity index is 1160. The van der Waals surface area contributed by atoms with Gasteiger partial charge in [-0.15, -0.1) is 0 Å². The number of nitrogens with zero attached hydrogens (tertiary/aromatic N) is 4. The molecule has 11 nitrogen and oxygen atoms in total. The minimum absolute atomic E-state index is 0.339. The maximum Gasteiger partial charge on any atom is 0.333 e. The zero-order valence-electron chi connectivity index (χ0n) is 15.4. The number of ether oxygens (including phenoxy) is 1. The Morgan fingerprint density at radius 2 is 1.90 bits per heavy atom. The third-order valence-corrected chi connectivity index (χ3v) is 5.19. The van der Waals surface area contributed by atoms with Crippen LogP contribution in [0, 0.1) is 5.82 Å². The highest BCUT2D eigenvalue weighted by atomic mass is 32.2. The summed E-state index contributed by atoms with van der Waals surface area (Å²) in [7, 11) is -4.23. The lowest BCUT2D eigenvalue weighted by Crippen LogP contribution is -2.35. The van der Waals surface area contributed by atoms with Gasteiger partial charge in [0.25, 0.3) is 0 Å². The van der Waals surface area contributed by atoms with E-state index < -0.39 is 41.5 Å². The Morgan fingerprint density at radius 1 is 1.17 bits per heavy atom. The molecule has 1 aliphatic heterocycles. The van der Waals surface area contributed by atoms with Gasteiger partial charge in [0.15, 0.2) is 11.9 Å². The number of hydrogen-bond acceptors (Lipinski definition) is 9. The zero-order chi connectivity index (χ0) is 21.5. The van der Waals surface area contributed by atoms with Crippen LogP contribution in [0.15, 0.2) is 36.9 Å². The summed E-state index contributed by atoms with van der Waals surface area (Å²) in [5, 5.41) is 25.3. The van der Waals surface area contributed by atoms with Crippen molar-refractivity contribution in [1.82, 2.24) is 19.5 Å². The van der Waals surface area contributed by atoms with Crippen LogP contribution >= 0.6 is 0 Å². The van der Waals surface area contributed by atoms with E-state index in [1.54, 1.807) is 12.1 Å². The maximum absolute atomic E-state index is 13.1. The smallest absolute Gasteiger partial charge is 0.333 e. The highest BCUT2D eigenvalue weighted by Gasteiger charge is 2.44. The number of aliphatic hydroxyl groups excluding tert-OH is 2. The number of halogens is 1. The summed E-state index contributed by atoms with van der Waals surface area (Å²) < 4.78 is 46.5. The fourth-order valence-corrected chi connectivity index (χ4v) is 3.59. The van der Waals surface area contributed by atoms with E-state index in [0.29, 0.717) is 23.3 Å². The molecule has 0 spiro atoms. The van der Waals surface area contributed by atoms with Crippen LogP contribution in [0.3, 0.4) is 0 Å². The van der Waals surface area contributed by atoms with E-state index in [9.17, 15) is 23.0 Å². The molecule has 2 aromatic heterocycles. The molecular formula is C17H18FN5O6S. The van der Waals surface area contributed by atoms with Crippen molar-refractivity contribution in [3.05, 3.63) is 54.0 Å². The van der Waals surface area contributed by atoms with Crippen molar-refractivity contribution in [2.75, 3.05) is 6.61 Å². The van der Waals surface area contributed by atoms with Gasteiger partial charge >= 0.3 is 10.3 Å². The Hall–Kier alpha value is -2.55. The highest BCUT2D eigenvalue weighted by molar-refractivity contribution is 7.84. The zero-order valence-corrected chi connectivity index (χ0v) is 16.2. The van der Waals surface area contributed by atoms with Crippen molar-refractivity contribution >= 4 is 21.5 Å². The second kappa shape index (κ2) is 7.94. The fourth-order valence-electron chi connectivity index (χ4n) is 3.27. The van der Waals surface area contributed by atoms with E-state index in [1.807, 2.05) is 0 Å². The van der Waals surface area contributed by atoms with Crippen molar-refractivity contribution in [3.63, 3.8) is 0 Å². The van der Waals surface area contributed by atoms with E-state index in [4.69, 9.17) is 9.88 Å². The first-order valence-corrected chi connectivity index (χ1v) is 10.3. The molecule has 30 heavy (non-hydrogen) atoms. The lowest BCUT2D eigenvalue weighted by atomic mass is 10.1. The van der Waals surface area contributed by atoms with Crippen LogP contribution in [-0.2, 0) is 25.6 Å². The number of aliphatic hydroxyl groups is 2. The Kier molecular flexibility index (Phi) is 5.48. The van der Waals surface area contributed by atoms with E-state index in [0.717, 1.165) is 5.56 Å². The van der Waals surface area contributed by atoms with Crippen LogP contribution in [-0.4, -0.2) is 63.1 Å². The highest BCUT2D eigenvalue weighted by Crippen LogP contribution is 2.32. The van der Waals surface area contributed by atoms with Crippen LogP contribution in [0.2, 0.25) is 0 Å². The van der Waals surface area contributed by atoms with E-state index in [1.165, 1.54) is 29.4 Å². The summed E-state index contributed by atoms with van der Waals surface area (Å²) in [6, 6.07) is 5.97. The van der Waals surface area contributed by atoms with Crippen molar-refractivity contribution in [2.45, 2.75) is 31.0 Å². The first kappa shape index (κ1) is 20.7. The van der Waals surface area contributed by atoms with Crippen LogP contribution in [0.1, 0.15) is 17.5 Å². The van der Waals surface area contributed by atoms with E-state index >= 15 is 0 Å². The Labute approximate surface area is 170 Å². The van der Waals surface area contributed by atoms with Gasteiger partial charge in [-0.05, 0) is 17.7 Å². The van der Waals surface area contributed by atoms with Crippen molar-refractivity contribution in [3.8, 4) is 0 Å². The third kappa shape index (κ3) is 4.16. The minimum Gasteiger partial charge on any atom is -0.387 e. The summed E-state index contributed by atoms with van der Waals surface area (Å²) in [6.45, 7) is -0.564. The predicted octanol–water partition coefficient (Wildman–Crippen LogP) is -0.605. The summed E-state index contributed by atoms with van der Waals surface area (Å²) in [4.78, 5) is 12.7. The molecule has 4 atom stereocenters. The average Bonchev–Trinajstić information content (AvgIpc) is 3.24. The second-order valence-corrected chi connectivity index (χ2v) is 7.99. The molecule has 1 aliphatic rings. The number of hydrogen-bond donors (Lipinski definition) is 3. The molecule has 0 amide bonds. The summed E-state index contributed by atoms with van der Waals surface area (Å²) in [6.07, 6.45) is -1.98.